The highest BCUT2D eigenvalue weighted by Crippen LogP contribution is 2.30. The lowest BCUT2D eigenvalue weighted by atomic mass is 10.1. The molecule has 4 aromatic rings. The molecule has 0 spiro atoms. The topological polar surface area (TPSA) is 106 Å². The molecule has 0 aliphatic rings. The van der Waals surface area contributed by atoms with E-state index in [4.69, 9.17) is 11.6 Å². The van der Waals surface area contributed by atoms with Crippen molar-refractivity contribution in [3.8, 4) is 0 Å². The summed E-state index contributed by atoms with van der Waals surface area (Å²) in [5, 5.41) is 1.44. The van der Waals surface area contributed by atoms with Crippen molar-refractivity contribution < 1.29 is 22.0 Å². The molecule has 2 aromatic carbocycles. The Kier molecular flexibility index (Phi) is 7.23. The maximum atomic E-state index is 15.3. The smallest absolute Gasteiger partial charge is 0.259 e. The molecule has 0 aliphatic carbocycles. The van der Waals surface area contributed by atoms with Crippen LogP contribution >= 0.6 is 11.6 Å². The van der Waals surface area contributed by atoms with E-state index in [1.807, 2.05) is 6.07 Å². The molecule has 1 unspecified atom stereocenters. The SMILES string of the molecule is CCC(Cc1ccccc1)S(=O)(=O)Nc1ccc(F)c(NC(=O)c2cn(C)c3c(Cl)ncnc23)c1F. The first-order valence-corrected chi connectivity index (χ1v) is 12.8. The molecule has 36 heavy (non-hydrogen) atoms. The molecule has 0 aliphatic heterocycles. The minimum absolute atomic E-state index is 0.00971. The predicted molar refractivity (Wildman–Crippen MR) is 135 cm³/mol. The number of carbonyl (C=O) groups excluding carboxylic acids is 1. The molecule has 4 rings (SSSR count). The molecule has 12 heteroatoms. The first-order valence-electron chi connectivity index (χ1n) is 10.9. The van der Waals surface area contributed by atoms with Gasteiger partial charge in [0.15, 0.2) is 11.0 Å². The zero-order valence-corrected chi connectivity index (χ0v) is 20.9. The van der Waals surface area contributed by atoms with E-state index in [2.05, 4.69) is 20.0 Å². The van der Waals surface area contributed by atoms with Crippen LogP contribution in [0.2, 0.25) is 5.15 Å². The Bertz CT molecular complexity index is 1540. The van der Waals surface area contributed by atoms with Crippen LogP contribution in [-0.2, 0) is 23.5 Å². The van der Waals surface area contributed by atoms with Crippen LogP contribution in [0.3, 0.4) is 0 Å². The molecule has 0 radical (unpaired) electrons. The van der Waals surface area contributed by atoms with Gasteiger partial charge in [-0.2, -0.15) is 0 Å². The summed E-state index contributed by atoms with van der Waals surface area (Å²) in [4.78, 5) is 20.8. The summed E-state index contributed by atoms with van der Waals surface area (Å²) in [5.41, 5.74) is 0.0990. The van der Waals surface area contributed by atoms with Crippen molar-refractivity contribution >= 4 is 49.9 Å². The second-order valence-electron chi connectivity index (χ2n) is 8.12. The number of rotatable bonds is 8. The third-order valence-corrected chi connectivity index (χ3v) is 7.89. The molecule has 188 valence electrons. The van der Waals surface area contributed by atoms with Crippen LogP contribution in [0.25, 0.3) is 11.0 Å². The first-order chi connectivity index (χ1) is 17.1. The molecular weight excluding hydrogens is 512 g/mol. The van der Waals surface area contributed by atoms with E-state index < -0.39 is 44.2 Å². The molecule has 0 saturated carbocycles. The predicted octanol–water partition coefficient (Wildman–Crippen LogP) is 4.92. The Balaban J connectivity index is 1.61. The number of hydrogen-bond acceptors (Lipinski definition) is 5. The number of fused-ring (bicyclic) bond motifs is 1. The van der Waals surface area contributed by atoms with E-state index in [0.29, 0.717) is 5.52 Å². The number of nitrogens with one attached hydrogen (secondary N) is 2. The summed E-state index contributed by atoms with van der Waals surface area (Å²) in [6.07, 6.45) is 3.04. The van der Waals surface area contributed by atoms with Crippen molar-refractivity contribution in [2.45, 2.75) is 25.0 Å². The first kappa shape index (κ1) is 25.5. The lowest BCUT2D eigenvalue weighted by Gasteiger charge is -2.19. The highest BCUT2D eigenvalue weighted by molar-refractivity contribution is 7.93. The maximum Gasteiger partial charge on any atom is 0.259 e. The van der Waals surface area contributed by atoms with Crippen molar-refractivity contribution in [3.05, 3.63) is 82.9 Å². The minimum atomic E-state index is -4.05. The molecule has 2 N–H and O–H groups in total. The van der Waals surface area contributed by atoms with Crippen LogP contribution in [0.1, 0.15) is 29.3 Å². The molecule has 2 heterocycles. The molecular formula is C24H22ClF2N5O3S. The van der Waals surface area contributed by atoms with E-state index in [1.54, 1.807) is 38.2 Å². The minimum Gasteiger partial charge on any atom is -0.346 e. The number of halogens is 3. The Morgan fingerprint density at radius 2 is 1.86 bits per heavy atom. The van der Waals surface area contributed by atoms with Gasteiger partial charge in [-0.25, -0.2) is 27.2 Å². The average molecular weight is 534 g/mol. The fraction of sp³-hybridized carbons (Fsp3) is 0.208. The highest BCUT2D eigenvalue weighted by Gasteiger charge is 2.27. The fourth-order valence-electron chi connectivity index (χ4n) is 3.87. The van der Waals surface area contributed by atoms with Crippen LogP contribution in [0.4, 0.5) is 20.2 Å². The second-order valence-corrected chi connectivity index (χ2v) is 10.4. The van der Waals surface area contributed by atoms with Crippen LogP contribution in [0, 0.1) is 11.6 Å². The second kappa shape index (κ2) is 10.2. The van der Waals surface area contributed by atoms with Gasteiger partial charge >= 0.3 is 0 Å². The molecule has 0 fully saturated rings. The third kappa shape index (κ3) is 5.02. The monoisotopic (exact) mass is 533 g/mol. The maximum absolute atomic E-state index is 15.3. The summed E-state index contributed by atoms with van der Waals surface area (Å²) in [6.45, 7) is 1.71. The van der Waals surface area contributed by atoms with Crippen LogP contribution in [0.5, 0.6) is 0 Å². The van der Waals surface area contributed by atoms with Crippen LogP contribution < -0.4 is 10.0 Å². The van der Waals surface area contributed by atoms with E-state index >= 15 is 4.39 Å². The summed E-state index contributed by atoms with van der Waals surface area (Å²) in [6, 6.07) is 10.9. The standard InChI is InChI=1S/C24H22ClF2N5O3S/c1-3-15(11-14-7-5-4-6-8-14)36(34,35)31-18-10-9-17(26)21(19(18)27)30-24(33)16-12-32(2)22-20(16)28-13-29-23(22)25/h4-10,12-13,15,31H,3,11H2,1-2H3,(H,30,33). The number of nitrogens with zero attached hydrogens (tertiary/aromatic N) is 3. The molecule has 0 saturated heterocycles. The summed E-state index contributed by atoms with van der Waals surface area (Å²) < 4.78 is 59.6. The average Bonchev–Trinajstić information content (AvgIpc) is 3.20. The van der Waals surface area contributed by atoms with E-state index in [9.17, 15) is 17.6 Å². The zero-order chi connectivity index (χ0) is 26.0. The Labute approximate surface area is 211 Å². The number of benzene rings is 2. The summed E-state index contributed by atoms with van der Waals surface area (Å²) >= 11 is 6.07. The van der Waals surface area contributed by atoms with E-state index in [0.717, 1.165) is 24.0 Å². The quantitative estimate of drug-likeness (QED) is 0.313. The van der Waals surface area contributed by atoms with Gasteiger partial charge in [0.1, 0.15) is 28.9 Å². The van der Waals surface area contributed by atoms with Crippen molar-refractivity contribution in [1.82, 2.24) is 14.5 Å². The van der Waals surface area contributed by atoms with E-state index in [1.165, 1.54) is 10.8 Å². The van der Waals surface area contributed by atoms with Crippen molar-refractivity contribution in [1.29, 1.82) is 0 Å². The molecule has 2 aromatic heterocycles. The Morgan fingerprint density at radius 3 is 2.56 bits per heavy atom. The zero-order valence-electron chi connectivity index (χ0n) is 19.3. The lowest BCUT2D eigenvalue weighted by molar-refractivity contribution is 0.102. The molecule has 1 atom stereocenters. The molecule has 0 bridgehead atoms. The number of amides is 1. The van der Waals surface area contributed by atoms with Crippen molar-refractivity contribution in [2.24, 2.45) is 7.05 Å². The number of hydrogen-bond donors (Lipinski definition) is 2. The highest BCUT2D eigenvalue weighted by atomic mass is 35.5. The van der Waals surface area contributed by atoms with Crippen molar-refractivity contribution in [3.63, 3.8) is 0 Å². The van der Waals surface area contributed by atoms with Gasteiger partial charge in [0.2, 0.25) is 10.0 Å². The van der Waals surface area contributed by atoms with Crippen LogP contribution in [-0.4, -0.2) is 34.1 Å². The van der Waals surface area contributed by atoms with Gasteiger partial charge in [0.05, 0.1) is 16.5 Å². The summed E-state index contributed by atoms with van der Waals surface area (Å²) in [7, 11) is -2.43. The molecule has 8 nitrogen and oxygen atoms in total. The molecule has 1 amide bonds. The van der Waals surface area contributed by atoms with Gasteiger partial charge in [-0.05, 0) is 30.5 Å². The van der Waals surface area contributed by atoms with Crippen molar-refractivity contribution in [2.75, 3.05) is 10.0 Å². The normalized spacial score (nSPS) is 12.5. The van der Waals surface area contributed by atoms with Crippen LogP contribution in [0.15, 0.2) is 55.0 Å². The van der Waals surface area contributed by atoms with Gasteiger partial charge in [-0.1, -0.05) is 48.9 Å². The number of aromatic nitrogens is 3. The number of anilines is 2. The van der Waals surface area contributed by atoms with Gasteiger partial charge in [0, 0.05) is 13.2 Å². The number of sulfonamides is 1. The number of aryl methyl sites for hydroxylation is 1. The lowest BCUT2D eigenvalue weighted by Crippen LogP contribution is -2.30. The van der Waals surface area contributed by atoms with Gasteiger partial charge < -0.3 is 9.88 Å². The van der Waals surface area contributed by atoms with Gasteiger partial charge in [-0.3, -0.25) is 9.52 Å². The van der Waals surface area contributed by atoms with Gasteiger partial charge in [0.25, 0.3) is 5.91 Å². The Morgan fingerprint density at radius 1 is 1.14 bits per heavy atom. The Hall–Kier alpha value is -3.57. The van der Waals surface area contributed by atoms with Gasteiger partial charge in [-0.15, -0.1) is 0 Å². The summed E-state index contributed by atoms with van der Waals surface area (Å²) in [5.74, 6) is -3.19. The largest absolute Gasteiger partial charge is 0.346 e. The fourth-order valence-corrected chi connectivity index (χ4v) is 5.61. The number of carbonyl (C=O) groups is 1. The third-order valence-electron chi connectivity index (χ3n) is 5.74. The van der Waals surface area contributed by atoms with E-state index in [-0.39, 0.29) is 29.1 Å².